The molecule has 6 aromatic carbocycles. The second-order valence-corrected chi connectivity index (χ2v) is 8.82. The normalized spacial score (nSPS) is 11.6. The van der Waals surface area contributed by atoms with E-state index in [1.54, 1.807) is 0 Å². The van der Waals surface area contributed by atoms with Crippen molar-refractivity contribution in [2.24, 2.45) is 0 Å². The first-order valence-corrected chi connectivity index (χ1v) is 11.1. The molecule has 0 radical (unpaired) electrons. The molecular formula is C29H16Cl2O. The van der Waals surface area contributed by atoms with E-state index in [2.05, 4.69) is 24.3 Å². The van der Waals surface area contributed by atoms with Crippen LogP contribution in [-0.4, -0.2) is 5.78 Å². The molecule has 152 valence electrons. The first kappa shape index (κ1) is 19.3. The highest BCUT2D eigenvalue weighted by Crippen LogP contribution is 2.33. The Morgan fingerprint density at radius 3 is 1.25 bits per heavy atom. The SMILES string of the molecule is O=C(c1cccc2cc3c(Cl)cccc3cc12)c1cccc2cc3c(Cl)cccc3cc12. The van der Waals surface area contributed by atoms with Crippen molar-refractivity contribution in [2.75, 3.05) is 0 Å². The van der Waals surface area contributed by atoms with Crippen molar-refractivity contribution in [1.29, 1.82) is 0 Å². The van der Waals surface area contributed by atoms with Crippen molar-refractivity contribution < 1.29 is 4.79 Å². The predicted molar refractivity (Wildman–Crippen MR) is 136 cm³/mol. The Labute approximate surface area is 194 Å². The fourth-order valence-electron chi connectivity index (χ4n) is 4.57. The largest absolute Gasteiger partial charge is 0.289 e. The van der Waals surface area contributed by atoms with E-state index in [4.69, 9.17) is 23.2 Å². The predicted octanol–water partition coefficient (Wildman–Crippen LogP) is 8.84. The number of halogens is 2. The standard InChI is InChI=1S/C29H16Cl2O/c30-27-11-3-7-19-13-23-17(15-25(19)27)5-1-9-21(23)29(32)22-10-2-6-18-16-26-20(14-24(18)22)8-4-12-28(26)31/h1-16H. The molecule has 0 saturated carbocycles. The maximum Gasteiger partial charge on any atom is 0.194 e. The van der Waals surface area contributed by atoms with Gasteiger partial charge in [-0.25, -0.2) is 0 Å². The van der Waals surface area contributed by atoms with Gasteiger partial charge in [-0.1, -0.05) is 83.9 Å². The first-order chi connectivity index (χ1) is 15.6. The Bertz CT molecular complexity index is 1590. The third-order valence-electron chi connectivity index (χ3n) is 6.14. The number of hydrogen-bond acceptors (Lipinski definition) is 1. The monoisotopic (exact) mass is 450 g/mol. The van der Waals surface area contributed by atoms with E-state index >= 15 is 0 Å². The summed E-state index contributed by atoms with van der Waals surface area (Å²) in [5, 5.41) is 9.26. The molecule has 0 aromatic heterocycles. The van der Waals surface area contributed by atoms with Gasteiger partial charge in [0.25, 0.3) is 0 Å². The van der Waals surface area contributed by atoms with Crippen LogP contribution in [0.5, 0.6) is 0 Å². The van der Waals surface area contributed by atoms with Crippen LogP contribution in [0.1, 0.15) is 15.9 Å². The van der Waals surface area contributed by atoms with Gasteiger partial charge in [0.1, 0.15) is 0 Å². The van der Waals surface area contributed by atoms with Gasteiger partial charge in [0.15, 0.2) is 5.78 Å². The summed E-state index contributed by atoms with van der Waals surface area (Å²) in [6.45, 7) is 0. The Morgan fingerprint density at radius 2 is 0.812 bits per heavy atom. The van der Waals surface area contributed by atoms with Crippen LogP contribution in [0, 0.1) is 0 Å². The minimum atomic E-state index is 0.00366. The van der Waals surface area contributed by atoms with Gasteiger partial charge >= 0.3 is 0 Å². The van der Waals surface area contributed by atoms with Crippen molar-refractivity contribution in [3.63, 3.8) is 0 Å². The number of ketones is 1. The summed E-state index contributed by atoms with van der Waals surface area (Å²) in [5.41, 5.74) is 1.37. The Hall–Kier alpha value is -3.39. The highest BCUT2D eigenvalue weighted by Gasteiger charge is 2.17. The van der Waals surface area contributed by atoms with Crippen molar-refractivity contribution in [1.82, 2.24) is 0 Å². The quantitative estimate of drug-likeness (QED) is 0.190. The van der Waals surface area contributed by atoms with Gasteiger partial charge in [0.2, 0.25) is 0 Å². The molecule has 1 nitrogen and oxygen atoms in total. The lowest BCUT2D eigenvalue weighted by Gasteiger charge is -2.11. The molecule has 0 heterocycles. The van der Waals surface area contributed by atoms with E-state index in [0.29, 0.717) is 21.2 Å². The van der Waals surface area contributed by atoms with Gasteiger partial charge in [0.05, 0.1) is 0 Å². The third-order valence-corrected chi connectivity index (χ3v) is 6.80. The minimum absolute atomic E-state index is 0.00366. The summed E-state index contributed by atoms with van der Waals surface area (Å²) >= 11 is 12.8. The number of rotatable bonds is 2. The summed E-state index contributed by atoms with van der Waals surface area (Å²) in [7, 11) is 0. The van der Waals surface area contributed by atoms with E-state index in [9.17, 15) is 4.79 Å². The lowest BCUT2D eigenvalue weighted by Crippen LogP contribution is -2.03. The van der Waals surface area contributed by atoms with Gasteiger partial charge in [-0.15, -0.1) is 0 Å². The van der Waals surface area contributed by atoms with E-state index in [1.807, 2.05) is 72.8 Å². The molecule has 0 aliphatic carbocycles. The van der Waals surface area contributed by atoms with Gasteiger partial charge in [-0.05, 0) is 68.7 Å². The zero-order chi connectivity index (χ0) is 21.8. The van der Waals surface area contributed by atoms with Crippen LogP contribution < -0.4 is 0 Å². The zero-order valence-electron chi connectivity index (χ0n) is 16.9. The molecule has 0 saturated heterocycles. The molecule has 3 heteroatoms. The van der Waals surface area contributed by atoms with Gasteiger partial charge in [-0.3, -0.25) is 4.79 Å². The highest BCUT2D eigenvalue weighted by atomic mass is 35.5. The first-order valence-electron chi connectivity index (χ1n) is 10.4. The van der Waals surface area contributed by atoms with Crippen LogP contribution in [0.25, 0.3) is 43.1 Å². The van der Waals surface area contributed by atoms with Crippen LogP contribution in [0.3, 0.4) is 0 Å². The van der Waals surface area contributed by atoms with Crippen LogP contribution in [0.4, 0.5) is 0 Å². The molecule has 0 unspecified atom stereocenters. The molecule has 0 aliphatic rings. The molecule has 0 fully saturated rings. The molecule has 0 spiro atoms. The van der Waals surface area contributed by atoms with Crippen molar-refractivity contribution in [3.05, 3.63) is 118 Å². The fraction of sp³-hybridized carbons (Fsp3) is 0. The maximum absolute atomic E-state index is 13.8. The Morgan fingerprint density at radius 1 is 0.469 bits per heavy atom. The topological polar surface area (TPSA) is 17.1 Å². The average molecular weight is 451 g/mol. The second kappa shape index (κ2) is 7.34. The maximum atomic E-state index is 13.8. The highest BCUT2D eigenvalue weighted by molar-refractivity contribution is 6.36. The number of carbonyl (C=O) groups is 1. The molecule has 0 atom stereocenters. The molecule has 0 N–H and O–H groups in total. The summed E-state index contributed by atoms with van der Waals surface area (Å²) in [6, 6.07) is 31.6. The summed E-state index contributed by atoms with van der Waals surface area (Å²) < 4.78 is 0. The number of hydrogen-bond donors (Lipinski definition) is 0. The van der Waals surface area contributed by atoms with Crippen LogP contribution >= 0.6 is 23.2 Å². The van der Waals surface area contributed by atoms with Gasteiger partial charge in [-0.2, -0.15) is 0 Å². The lowest BCUT2D eigenvalue weighted by atomic mass is 9.91. The molecular weight excluding hydrogens is 435 g/mol. The second-order valence-electron chi connectivity index (χ2n) is 8.01. The zero-order valence-corrected chi connectivity index (χ0v) is 18.4. The van der Waals surface area contributed by atoms with E-state index < -0.39 is 0 Å². The summed E-state index contributed by atoms with van der Waals surface area (Å²) in [6.07, 6.45) is 0. The molecule has 0 bridgehead atoms. The Kier molecular flexibility index (Phi) is 4.43. The molecule has 32 heavy (non-hydrogen) atoms. The van der Waals surface area contributed by atoms with Crippen LogP contribution in [0.15, 0.2) is 97.1 Å². The van der Waals surface area contributed by atoms with Gasteiger partial charge < -0.3 is 0 Å². The minimum Gasteiger partial charge on any atom is -0.289 e. The van der Waals surface area contributed by atoms with Gasteiger partial charge in [0, 0.05) is 31.9 Å². The summed E-state index contributed by atoms with van der Waals surface area (Å²) in [4.78, 5) is 13.8. The number of fused-ring (bicyclic) bond motifs is 4. The fourth-order valence-corrected chi connectivity index (χ4v) is 5.04. The van der Waals surface area contributed by atoms with Crippen LogP contribution in [0.2, 0.25) is 10.0 Å². The third kappa shape index (κ3) is 2.97. The molecule has 6 rings (SSSR count). The number of benzene rings is 6. The van der Waals surface area contributed by atoms with E-state index in [-0.39, 0.29) is 5.78 Å². The Balaban J connectivity index is 1.60. The van der Waals surface area contributed by atoms with Crippen molar-refractivity contribution in [2.45, 2.75) is 0 Å². The van der Waals surface area contributed by atoms with E-state index in [1.165, 1.54) is 0 Å². The number of carbonyl (C=O) groups excluding carboxylic acids is 1. The summed E-state index contributed by atoms with van der Waals surface area (Å²) in [5.74, 6) is 0.00366. The molecule has 0 amide bonds. The van der Waals surface area contributed by atoms with Crippen molar-refractivity contribution in [3.8, 4) is 0 Å². The van der Waals surface area contributed by atoms with Crippen molar-refractivity contribution >= 4 is 72.1 Å². The molecule has 6 aromatic rings. The lowest BCUT2D eigenvalue weighted by molar-refractivity contribution is 0.104. The average Bonchev–Trinajstić information content (AvgIpc) is 2.81. The molecule has 0 aliphatic heterocycles. The van der Waals surface area contributed by atoms with Crippen LogP contribution in [-0.2, 0) is 0 Å². The smallest absolute Gasteiger partial charge is 0.194 e. The van der Waals surface area contributed by atoms with E-state index in [0.717, 1.165) is 43.1 Å².